The number of nitrogens with two attached hydrogens (primary N) is 1. The Morgan fingerprint density at radius 1 is 1.53 bits per heavy atom. The van der Waals surface area contributed by atoms with E-state index in [1.54, 1.807) is 30.6 Å². The van der Waals surface area contributed by atoms with Crippen molar-refractivity contribution in [2.45, 2.75) is 6.54 Å². The van der Waals surface area contributed by atoms with Gasteiger partial charge in [0.05, 0.1) is 12.1 Å². The van der Waals surface area contributed by atoms with Gasteiger partial charge in [-0.2, -0.15) is 0 Å². The molecule has 1 aromatic heterocycles. The second-order valence-corrected chi connectivity index (χ2v) is 3.89. The molecule has 0 aliphatic heterocycles. The molecule has 0 aliphatic rings. The number of anilines is 1. The maximum absolute atomic E-state index is 11.8. The van der Waals surface area contributed by atoms with Crippen molar-refractivity contribution in [2.24, 2.45) is 0 Å². The Morgan fingerprint density at radius 2 is 2.35 bits per heavy atom. The maximum Gasteiger partial charge on any atom is 0.253 e. The minimum absolute atomic E-state index is 0.254. The molecule has 17 heavy (non-hydrogen) atoms. The van der Waals surface area contributed by atoms with E-state index in [-0.39, 0.29) is 5.91 Å². The number of benzene rings is 1. The highest BCUT2D eigenvalue weighted by atomic mass is 35.5. The Kier molecular flexibility index (Phi) is 3.30. The first-order chi connectivity index (χ1) is 8.16. The summed E-state index contributed by atoms with van der Waals surface area (Å²) in [6.07, 6.45) is 3.32. The number of nitrogen functional groups attached to an aromatic ring is 1. The highest BCUT2D eigenvalue weighted by Gasteiger charge is 2.09. The van der Waals surface area contributed by atoms with E-state index >= 15 is 0 Å². The van der Waals surface area contributed by atoms with Gasteiger partial charge in [-0.25, -0.2) is 4.98 Å². The van der Waals surface area contributed by atoms with Crippen molar-refractivity contribution >= 4 is 23.2 Å². The zero-order valence-electron chi connectivity index (χ0n) is 8.90. The van der Waals surface area contributed by atoms with Gasteiger partial charge in [0.25, 0.3) is 5.91 Å². The number of halogens is 1. The summed E-state index contributed by atoms with van der Waals surface area (Å²) in [6, 6.07) is 4.76. The number of aromatic amines is 1. The fourth-order valence-corrected chi connectivity index (χ4v) is 1.57. The molecule has 0 bridgehead atoms. The summed E-state index contributed by atoms with van der Waals surface area (Å²) >= 11 is 5.75. The molecule has 0 atom stereocenters. The van der Waals surface area contributed by atoms with Gasteiger partial charge in [0.1, 0.15) is 5.82 Å². The lowest BCUT2D eigenvalue weighted by molar-refractivity contribution is 0.0951. The SMILES string of the molecule is Nc1cc(Cl)ccc1C(=O)NCc1ncc[nH]1. The van der Waals surface area contributed by atoms with Gasteiger partial charge in [0, 0.05) is 23.1 Å². The molecule has 0 unspecified atom stereocenters. The molecule has 0 saturated heterocycles. The molecule has 1 aromatic carbocycles. The number of hydrogen-bond donors (Lipinski definition) is 3. The normalized spacial score (nSPS) is 10.2. The summed E-state index contributed by atoms with van der Waals surface area (Å²) < 4.78 is 0. The lowest BCUT2D eigenvalue weighted by Gasteiger charge is -2.06. The van der Waals surface area contributed by atoms with Crippen LogP contribution in [-0.2, 0) is 6.54 Å². The van der Waals surface area contributed by atoms with Crippen molar-refractivity contribution in [1.29, 1.82) is 0 Å². The summed E-state index contributed by atoms with van der Waals surface area (Å²) in [5.74, 6) is 0.432. The van der Waals surface area contributed by atoms with Crippen molar-refractivity contribution in [3.63, 3.8) is 0 Å². The fourth-order valence-electron chi connectivity index (χ4n) is 1.39. The van der Waals surface area contributed by atoms with Gasteiger partial charge in [-0.15, -0.1) is 0 Å². The second kappa shape index (κ2) is 4.88. The monoisotopic (exact) mass is 250 g/mol. The number of carbonyl (C=O) groups excluding carboxylic acids is 1. The van der Waals surface area contributed by atoms with Gasteiger partial charge >= 0.3 is 0 Å². The molecule has 6 heteroatoms. The lowest BCUT2D eigenvalue weighted by Crippen LogP contribution is -2.24. The molecule has 1 amide bonds. The Hall–Kier alpha value is -2.01. The van der Waals surface area contributed by atoms with Crippen LogP contribution in [0.4, 0.5) is 5.69 Å². The van der Waals surface area contributed by atoms with Gasteiger partial charge in [-0.1, -0.05) is 11.6 Å². The zero-order valence-corrected chi connectivity index (χ0v) is 9.66. The standard InChI is InChI=1S/C11H11ClN4O/c12-7-1-2-8(9(13)5-7)11(17)16-6-10-14-3-4-15-10/h1-5H,6,13H2,(H,14,15)(H,16,17). The molecular formula is C11H11ClN4O. The first-order valence-corrected chi connectivity index (χ1v) is 5.36. The van der Waals surface area contributed by atoms with Crippen LogP contribution < -0.4 is 11.1 Å². The van der Waals surface area contributed by atoms with E-state index in [1.807, 2.05) is 0 Å². The molecule has 0 spiro atoms. The number of nitrogens with zero attached hydrogens (tertiary/aromatic N) is 1. The van der Waals surface area contributed by atoms with E-state index in [9.17, 15) is 4.79 Å². The van der Waals surface area contributed by atoms with Gasteiger partial charge in [-0.3, -0.25) is 4.79 Å². The number of H-pyrrole nitrogens is 1. The molecule has 1 heterocycles. The van der Waals surface area contributed by atoms with Crippen LogP contribution in [0, 0.1) is 0 Å². The number of hydrogen-bond acceptors (Lipinski definition) is 3. The van der Waals surface area contributed by atoms with Crippen LogP contribution in [0.5, 0.6) is 0 Å². The Labute approximate surface area is 103 Å². The Morgan fingerprint density at radius 3 is 3.00 bits per heavy atom. The van der Waals surface area contributed by atoms with Gasteiger partial charge < -0.3 is 16.0 Å². The number of amides is 1. The number of imidazole rings is 1. The van der Waals surface area contributed by atoms with E-state index in [1.165, 1.54) is 0 Å². The van der Waals surface area contributed by atoms with Gasteiger partial charge in [-0.05, 0) is 18.2 Å². The average Bonchev–Trinajstić information content (AvgIpc) is 2.78. The lowest BCUT2D eigenvalue weighted by atomic mass is 10.1. The molecule has 0 fully saturated rings. The van der Waals surface area contributed by atoms with Crippen molar-refractivity contribution in [2.75, 3.05) is 5.73 Å². The van der Waals surface area contributed by atoms with E-state index in [2.05, 4.69) is 15.3 Å². The predicted octanol–water partition coefficient (Wildman–Crippen LogP) is 1.58. The van der Waals surface area contributed by atoms with Crippen LogP contribution in [0.15, 0.2) is 30.6 Å². The Balaban J connectivity index is 2.04. The van der Waals surface area contributed by atoms with Gasteiger partial charge in [0.15, 0.2) is 0 Å². The summed E-state index contributed by atoms with van der Waals surface area (Å²) in [5, 5.41) is 3.21. The fraction of sp³-hybridized carbons (Fsp3) is 0.0909. The highest BCUT2D eigenvalue weighted by molar-refractivity contribution is 6.31. The van der Waals surface area contributed by atoms with Crippen LogP contribution in [0.3, 0.4) is 0 Å². The minimum Gasteiger partial charge on any atom is -0.398 e. The third-order valence-corrected chi connectivity index (χ3v) is 2.46. The van der Waals surface area contributed by atoms with Crippen molar-refractivity contribution in [1.82, 2.24) is 15.3 Å². The Bertz CT molecular complexity index is 524. The first-order valence-electron chi connectivity index (χ1n) is 4.98. The molecule has 88 valence electrons. The van der Waals surface area contributed by atoms with Crippen LogP contribution >= 0.6 is 11.6 Å². The largest absolute Gasteiger partial charge is 0.398 e. The van der Waals surface area contributed by atoms with Crippen LogP contribution in [-0.4, -0.2) is 15.9 Å². The molecule has 0 radical (unpaired) electrons. The van der Waals surface area contributed by atoms with E-state index in [4.69, 9.17) is 17.3 Å². The van der Waals surface area contributed by atoms with Crippen LogP contribution in [0.2, 0.25) is 5.02 Å². The van der Waals surface area contributed by atoms with Crippen LogP contribution in [0.1, 0.15) is 16.2 Å². The summed E-state index contributed by atoms with van der Waals surface area (Å²) in [6.45, 7) is 0.327. The van der Waals surface area contributed by atoms with Gasteiger partial charge in [0.2, 0.25) is 0 Å². The van der Waals surface area contributed by atoms with Crippen molar-refractivity contribution in [3.8, 4) is 0 Å². The molecular weight excluding hydrogens is 240 g/mol. The zero-order chi connectivity index (χ0) is 12.3. The number of nitrogens with one attached hydrogen (secondary N) is 2. The molecule has 5 nitrogen and oxygen atoms in total. The van der Waals surface area contributed by atoms with Crippen LogP contribution in [0.25, 0.3) is 0 Å². The molecule has 0 saturated carbocycles. The smallest absolute Gasteiger partial charge is 0.253 e. The topological polar surface area (TPSA) is 83.8 Å². The first kappa shape index (κ1) is 11.5. The van der Waals surface area contributed by atoms with Crippen molar-refractivity contribution < 1.29 is 4.79 Å². The second-order valence-electron chi connectivity index (χ2n) is 3.45. The quantitative estimate of drug-likeness (QED) is 0.723. The third kappa shape index (κ3) is 2.76. The van der Waals surface area contributed by atoms with Crippen molar-refractivity contribution in [3.05, 3.63) is 47.0 Å². The molecule has 4 N–H and O–H groups in total. The molecule has 2 rings (SSSR count). The number of rotatable bonds is 3. The minimum atomic E-state index is -0.254. The predicted molar refractivity (Wildman–Crippen MR) is 65.6 cm³/mol. The highest BCUT2D eigenvalue weighted by Crippen LogP contribution is 2.17. The van der Waals surface area contributed by atoms with E-state index < -0.39 is 0 Å². The maximum atomic E-state index is 11.8. The van der Waals surface area contributed by atoms with E-state index in [0.29, 0.717) is 28.6 Å². The number of carbonyl (C=O) groups is 1. The third-order valence-electron chi connectivity index (χ3n) is 2.23. The summed E-state index contributed by atoms with van der Waals surface area (Å²) in [4.78, 5) is 18.7. The summed E-state index contributed by atoms with van der Waals surface area (Å²) in [5.41, 5.74) is 6.46. The average molecular weight is 251 g/mol. The number of aromatic nitrogens is 2. The van der Waals surface area contributed by atoms with E-state index in [0.717, 1.165) is 0 Å². The molecule has 2 aromatic rings. The molecule has 0 aliphatic carbocycles. The summed E-state index contributed by atoms with van der Waals surface area (Å²) in [7, 11) is 0.